The minimum absolute atomic E-state index is 0.0478. The summed E-state index contributed by atoms with van der Waals surface area (Å²) >= 11 is 5.83. The number of carbonyl (C=O) groups is 1. The molecule has 4 nitrogen and oxygen atoms in total. The van der Waals surface area contributed by atoms with Gasteiger partial charge in [-0.2, -0.15) is 0 Å². The summed E-state index contributed by atoms with van der Waals surface area (Å²) in [5, 5.41) is 12.7. The Bertz CT molecular complexity index is 396. The molecule has 0 aliphatic rings. The van der Waals surface area contributed by atoms with Crippen LogP contribution in [-0.2, 0) is 11.3 Å². The van der Waals surface area contributed by atoms with Gasteiger partial charge in [-0.05, 0) is 12.6 Å². The highest BCUT2D eigenvalue weighted by Crippen LogP contribution is 2.27. The summed E-state index contributed by atoms with van der Waals surface area (Å²) < 4.78 is 0. The lowest BCUT2D eigenvalue weighted by Gasteiger charge is -2.20. The van der Waals surface area contributed by atoms with Crippen molar-refractivity contribution in [2.75, 3.05) is 20.1 Å². The molecule has 0 bridgehead atoms. The zero-order valence-electron chi connectivity index (χ0n) is 10.0. The average molecular weight is 257 g/mol. The SMILES string of the molecule is CCN(CC(=O)NC)Cc1cccc(Cl)c1O. The fraction of sp³-hybridized carbons (Fsp3) is 0.417. The highest BCUT2D eigenvalue weighted by molar-refractivity contribution is 6.32. The van der Waals surface area contributed by atoms with Gasteiger partial charge in [-0.1, -0.05) is 30.7 Å². The summed E-state index contributed by atoms with van der Waals surface area (Å²) in [4.78, 5) is 13.2. The number of benzene rings is 1. The van der Waals surface area contributed by atoms with Crippen LogP contribution in [0.1, 0.15) is 12.5 Å². The Morgan fingerprint density at radius 3 is 2.82 bits per heavy atom. The van der Waals surface area contributed by atoms with Crippen molar-refractivity contribution in [3.8, 4) is 5.75 Å². The van der Waals surface area contributed by atoms with E-state index in [0.29, 0.717) is 18.1 Å². The third-order valence-corrected chi connectivity index (χ3v) is 2.86. The minimum atomic E-state index is -0.0478. The van der Waals surface area contributed by atoms with E-state index in [1.54, 1.807) is 25.2 Å². The van der Waals surface area contributed by atoms with E-state index >= 15 is 0 Å². The lowest BCUT2D eigenvalue weighted by Crippen LogP contribution is -2.35. The van der Waals surface area contributed by atoms with Gasteiger partial charge in [0.15, 0.2) is 0 Å². The number of para-hydroxylation sites is 1. The Kier molecular flexibility index (Phi) is 5.25. The number of aromatic hydroxyl groups is 1. The van der Waals surface area contributed by atoms with Crippen molar-refractivity contribution in [2.24, 2.45) is 0 Å². The van der Waals surface area contributed by atoms with E-state index in [9.17, 15) is 9.90 Å². The molecule has 0 atom stereocenters. The number of nitrogens with one attached hydrogen (secondary N) is 1. The molecule has 0 saturated heterocycles. The number of likely N-dealkylation sites (N-methyl/N-ethyl adjacent to an activating group) is 2. The lowest BCUT2D eigenvalue weighted by atomic mass is 10.2. The minimum Gasteiger partial charge on any atom is -0.506 e. The molecule has 0 unspecified atom stereocenters. The fourth-order valence-corrected chi connectivity index (χ4v) is 1.68. The molecule has 1 amide bonds. The molecule has 0 spiro atoms. The van der Waals surface area contributed by atoms with Crippen molar-refractivity contribution in [2.45, 2.75) is 13.5 Å². The molecule has 17 heavy (non-hydrogen) atoms. The number of phenolic OH excluding ortho intramolecular Hbond substituents is 1. The predicted molar refractivity (Wildman–Crippen MR) is 68.1 cm³/mol. The van der Waals surface area contributed by atoms with Gasteiger partial charge in [0.25, 0.3) is 0 Å². The van der Waals surface area contributed by atoms with E-state index in [1.165, 1.54) is 0 Å². The van der Waals surface area contributed by atoms with Crippen LogP contribution in [0.15, 0.2) is 18.2 Å². The molecular weight excluding hydrogens is 240 g/mol. The topological polar surface area (TPSA) is 52.6 Å². The van der Waals surface area contributed by atoms with Gasteiger partial charge in [0.1, 0.15) is 5.75 Å². The first-order valence-corrected chi connectivity index (χ1v) is 5.85. The second-order valence-electron chi connectivity index (χ2n) is 3.72. The lowest BCUT2D eigenvalue weighted by molar-refractivity contribution is -0.121. The van der Waals surface area contributed by atoms with E-state index < -0.39 is 0 Å². The Labute approximate surface area is 106 Å². The monoisotopic (exact) mass is 256 g/mol. The molecule has 94 valence electrons. The normalized spacial score (nSPS) is 10.6. The second kappa shape index (κ2) is 6.47. The largest absolute Gasteiger partial charge is 0.506 e. The van der Waals surface area contributed by atoms with Crippen LogP contribution >= 0.6 is 11.6 Å². The van der Waals surface area contributed by atoms with Crippen molar-refractivity contribution >= 4 is 17.5 Å². The maximum Gasteiger partial charge on any atom is 0.233 e. The summed E-state index contributed by atoms with van der Waals surface area (Å²) in [6, 6.07) is 5.22. The van der Waals surface area contributed by atoms with E-state index in [1.807, 2.05) is 11.8 Å². The second-order valence-corrected chi connectivity index (χ2v) is 4.13. The van der Waals surface area contributed by atoms with Crippen LogP contribution in [0.3, 0.4) is 0 Å². The number of rotatable bonds is 5. The van der Waals surface area contributed by atoms with Crippen LogP contribution in [0.4, 0.5) is 0 Å². The number of carbonyl (C=O) groups excluding carboxylic acids is 1. The number of phenols is 1. The average Bonchev–Trinajstić information content (AvgIpc) is 2.33. The first-order valence-electron chi connectivity index (χ1n) is 5.47. The Hall–Kier alpha value is -1.26. The summed E-state index contributed by atoms with van der Waals surface area (Å²) in [5.74, 6) is 0.0397. The summed E-state index contributed by atoms with van der Waals surface area (Å²) in [5.41, 5.74) is 0.725. The molecule has 2 N–H and O–H groups in total. The van der Waals surface area contributed by atoms with E-state index in [4.69, 9.17) is 11.6 Å². The first kappa shape index (κ1) is 13.8. The number of hydrogen-bond acceptors (Lipinski definition) is 3. The molecule has 1 aromatic rings. The zero-order chi connectivity index (χ0) is 12.8. The molecule has 5 heteroatoms. The van der Waals surface area contributed by atoms with Crippen LogP contribution < -0.4 is 5.32 Å². The first-order chi connectivity index (χ1) is 8.08. The van der Waals surface area contributed by atoms with Gasteiger partial charge < -0.3 is 10.4 Å². The van der Waals surface area contributed by atoms with Crippen LogP contribution in [0.2, 0.25) is 5.02 Å². The molecule has 0 aliphatic carbocycles. The molecule has 1 aromatic carbocycles. The molecular formula is C12H17ClN2O2. The highest BCUT2D eigenvalue weighted by atomic mass is 35.5. The molecule has 0 fully saturated rings. The Morgan fingerprint density at radius 1 is 1.53 bits per heavy atom. The number of nitrogens with zero attached hydrogens (tertiary/aromatic N) is 1. The van der Waals surface area contributed by atoms with Gasteiger partial charge >= 0.3 is 0 Å². The van der Waals surface area contributed by atoms with E-state index in [-0.39, 0.29) is 11.7 Å². The van der Waals surface area contributed by atoms with Crippen LogP contribution in [0.5, 0.6) is 5.75 Å². The van der Waals surface area contributed by atoms with Crippen LogP contribution in [0.25, 0.3) is 0 Å². The van der Waals surface area contributed by atoms with Crippen LogP contribution in [0, 0.1) is 0 Å². The molecule has 0 heterocycles. The van der Waals surface area contributed by atoms with E-state index in [0.717, 1.165) is 12.1 Å². The summed E-state index contributed by atoms with van der Waals surface area (Å²) in [6.45, 7) is 3.49. The molecule has 1 rings (SSSR count). The third-order valence-electron chi connectivity index (χ3n) is 2.56. The maximum atomic E-state index is 11.3. The van der Waals surface area contributed by atoms with Gasteiger partial charge in [-0.3, -0.25) is 9.69 Å². The number of amides is 1. The predicted octanol–water partition coefficient (Wildman–Crippen LogP) is 1.61. The zero-order valence-corrected chi connectivity index (χ0v) is 10.8. The van der Waals surface area contributed by atoms with E-state index in [2.05, 4.69) is 5.32 Å². The van der Waals surface area contributed by atoms with Gasteiger partial charge in [0.05, 0.1) is 11.6 Å². The molecule has 0 saturated carbocycles. The van der Waals surface area contributed by atoms with Gasteiger partial charge in [-0.25, -0.2) is 0 Å². The van der Waals surface area contributed by atoms with Crippen molar-refractivity contribution < 1.29 is 9.90 Å². The van der Waals surface area contributed by atoms with Gasteiger partial charge in [-0.15, -0.1) is 0 Å². The van der Waals surface area contributed by atoms with Crippen molar-refractivity contribution in [3.63, 3.8) is 0 Å². The maximum absolute atomic E-state index is 11.3. The highest BCUT2D eigenvalue weighted by Gasteiger charge is 2.12. The van der Waals surface area contributed by atoms with Crippen LogP contribution in [-0.4, -0.2) is 36.1 Å². The summed E-state index contributed by atoms with van der Waals surface area (Å²) in [7, 11) is 1.60. The van der Waals surface area contributed by atoms with Gasteiger partial charge in [0.2, 0.25) is 5.91 Å². The van der Waals surface area contributed by atoms with Crippen molar-refractivity contribution in [1.82, 2.24) is 10.2 Å². The van der Waals surface area contributed by atoms with Gasteiger partial charge in [0, 0.05) is 19.2 Å². The summed E-state index contributed by atoms with van der Waals surface area (Å²) in [6.07, 6.45) is 0. The molecule has 0 radical (unpaired) electrons. The van der Waals surface area contributed by atoms with Crippen molar-refractivity contribution in [3.05, 3.63) is 28.8 Å². The molecule has 0 aromatic heterocycles. The standard InChI is InChI=1S/C12H17ClN2O2/c1-3-15(8-11(16)14-2)7-9-5-4-6-10(13)12(9)17/h4-6,17H,3,7-8H2,1-2H3,(H,14,16). The quantitative estimate of drug-likeness (QED) is 0.842. The fourth-order valence-electron chi connectivity index (χ4n) is 1.49. The molecule has 0 aliphatic heterocycles. The number of halogens is 1. The smallest absolute Gasteiger partial charge is 0.233 e. The Morgan fingerprint density at radius 2 is 2.24 bits per heavy atom. The third kappa shape index (κ3) is 3.91. The van der Waals surface area contributed by atoms with Crippen molar-refractivity contribution in [1.29, 1.82) is 0 Å². The Balaban J connectivity index is 2.73. The number of hydrogen-bond donors (Lipinski definition) is 2.